The van der Waals surface area contributed by atoms with Crippen molar-refractivity contribution in [3.05, 3.63) is 35.4 Å². The molecule has 2 N–H and O–H groups in total. The second kappa shape index (κ2) is 7.48. The van der Waals surface area contributed by atoms with Crippen LogP contribution in [0, 0.1) is 0 Å². The molecule has 1 aromatic rings. The van der Waals surface area contributed by atoms with E-state index in [1.807, 2.05) is 24.3 Å². The summed E-state index contributed by atoms with van der Waals surface area (Å²) in [6.45, 7) is 0. The van der Waals surface area contributed by atoms with Crippen LogP contribution >= 0.6 is 0 Å². The highest BCUT2D eigenvalue weighted by atomic mass is 16.4. The van der Waals surface area contributed by atoms with Crippen molar-refractivity contribution in [2.75, 3.05) is 0 Å². The summed E-state index contributed by atoms with van der Waals surface area (Å²) in [4.78, 5) is 20.7. The number of carbonyl (C=O) groups is 2. The van der Waals surface area contributed by atoms with E-state index in [0.717, 1.165) is 24.0 Å². The van der Waals surface area contributed by atoms with Crippen molar-refractivity contribution in [2.45, 2.75) is 38.5 Å². The zero-order valence-electron chi connectivity index (χ0n) is 10.3. The third kappa shape index (κ3) is 6.03. The summed E-state index contributed by atoms with van der Waals surface area (Å²) < 4.78 is 0. The van der Waals surface area contributed by atoms with Crippen LogP contribution in [0.2, 0.25) is 0 Å². The third-order valence-corrected chi connectivity index (χ3v) is 2.74. The molecule has 0 bridgehead atoms. The van der Waals surface area contributed by atoms with Gasteiger partial charge in [-0.05, 0) is 36.8 Å². The maximum absolute atomic E-state index is 10.4. The fraction of sp³-hybridized carbons (Fsp3) is 0.429. The third-order valence-electron chi connectivity index (χ3n) is 2.74. The molecule has 1 aromatic carbocycles. The zero-order valence-corrected chi connectivity index (χ0v) is 10.3. The number of carboxylic acid groups (broad SMARTS) is 2. The van der Waals surface area contributed by atoms with Crippen LogP contribution in [0.3, 0.4) is 0 Å². The van der Waals surface area contributed by atoms with Gasteiger partial charge in [0.15, 0.2) is 0 Å². The first-order valence-electron chi connectivity index (χ1n) is 6.09. The molecule has 0 unspecified atom stereocenters. The van der Waals surface area contributed by atoms with Crippen LogP contribution < -0.4 is 0 Å². The zero-order chi connectivity index (χ0) is 13.4. The lowest BCUT2D eigenvalue weighted by atomic mass is 10.0. The second-order valence-electron chi connectivity index (χ2n) is 4.31. The van der Waals surface area contributed by atoms with Crippen molar-refractivity contribution < 1.29 is 19.8 Å². The summed E-state index contributed by atoms with van der Waals surface area (Å²) in [5.74, 6) is -1.53. The minimum atomic E-state index is -0.764. The topological polar surface area (TPSA) is 74.6 Å². The molecule has 0 atom stereocenters. The van der Waals surface area contributed by atoms with E-state index in [-0.39, 0.29) is 12.8 Å². The molecule has 0 amide bonds. The van der Waals surface area contributed by atoms with Crippen LogP contribution in [0.4, 0.5) is 0 Å². The maximum Gasteiger partial charge on any atom is 0.303 e. The van der Waals surface area contributed by atoms with Crippen LogP contribution in [-0.4, -0.2) is 22.2 Å². The predicted octanol–water partition coefficient (Wildman–Crippen LogP) is 2.50. The van der Waals surface area contributed by atoms with Gasteiger partial charge in [-0.15, -0.1) is 0 Å². The Morgan fingerprint density at radius 3 is 1.39 bits per heavy atom. The molecule has 0 saturated heterocycles. The van der Waals surface area contributed by atoms with Crippen molar-refractivity contribution in [3.8, 4) is 0 Å². The van der Waals surface area contributed by atoms with E-state index in [1.54, 1.807) is 0 Å². The molecule has 0 fully saturated rings. The molecule has 0 aliphatic carbocycles. The monoisotopic (exact) mass is 250 g/mol. The van der Waals surface area contributed by atoms with E-state index in [9.17, 15) is 9.59 Å². The van der Waals surface area contributed by atoms with Crippen LogP contribution in [-0.2, 0) is 22.4 Å². The van der Waals surface area contributed by atoms with E-state index in [4.69, 9.17) is 10.2 Å². The van der Waals surface area contributed by atoms with E-state index >= 15 is 0 Å². The van der Waals surface area contributed by atoms with Gasteiger partial charge in [-0.1, -0.05) is 24.3 Å². The van der Waals surface area contributed by atoms with Crippen LogP contribution in [0.5, 0.6) is 0 Å². The quantitative estimate of drug-likeness (QED) is 0.743. The van der Waals surface area contributed by atoms with Gasteiger partial charge < -0.3 is 10.2 Å². The van der Waals surface area contributed by atoms with Crippen LogP contribution in [0.25, 0.3) is 0 Å². The summed E-state index contributed by atoms with van der Waals surface area (Å²) in [5, 5.41) is 17.1. The highest BCUT2D eigenvalue weighted by Gasteiger charge is 2.00. The summed E-state index contributed by atoms with van der Waals surface area (Å²) in [6, 6.07) is 7.94. The average Bonchev–Trinajstić information content (AvgIpc) is 2.30. The molecule has 0 radical (unpaired) electrons. The molecule has 18 heavy (non-hydrogen) atoms. The SMILES string of the molecule is O=C(O)CCCc1ccc(CCCC(=O)O)cc1. The average molecular weight is 250 g/mol. The summed E-state index contributed by atoms with van der Waals surface area (Å²) in [7, 11) is 0. The molecule has 0 heterocycles. The lowest BCUT2D eigenvalue weighted by Crippen LogP contribution is -1.97. The number of aliphatic carboxylic acids is 2. The van der Waals surface area contributed by atoms with Crippen LogP contribution in [0.15, 0.2) is 24.3 Å². The van der Waals surface area contributed by atoms with Gasteiger partial charge in [0.25, 0.3) is 0 Å². The molecular weight excluding hydrogens is 232 g/mol. The van der Waals surface area contributed by atoms with Gasteiger partial charge in [-0.2, -0.15) is 0 Å². The Balaban J connectivity index is 2.33. The van der Waals surface area contributed by atoms with Crippen molar-refractivity contribution in [1.29, 1.82) is 0 Å². The summed E-state index contributed by atoms with van der Waals surface area (Å²) in [5.41, 5.74) is 2.25. The smallest absolute Gasteiger partial charge is 0.303 e. The molecule has 0 aromatic heterocycles. The van der Waals surface area contributed by atoms with Gasteiger partial charge in [-0.3, -0.25) is 9.59 Å². The number of benzene rings is 1. The maximum atomic E-state index is 10.4. The largest absolute Gasteiger partial charge is 0.481 e. The Kier molecular flexibility index (Phi) is 5.91. The van der Waals surface area contributed by atoms with Gasteiger partial charge >= 0.3 is 11.9 Å². The first-order chi connectivity index (χ1) is 8.58. The predicted molar refractivity (Wildman–Crippen MR) is 67.6 cm³/mol. The van der Waals surface area contributed by atoms with Crippen LogP contribution in [0.1, 0.15) is 36.8 Å². The first-order valence-corrected chi connectivity index (χ1v) is 6.09. The van der Waals surface area contributed by atoms with E-state index in [0.29, 0.717) is 12.8 Å². The van der Waals surface area contributed by atoms with E-state index < -0.39 is 11.9 Å². The van der Waals surface area contributed by atoms with Gasteiger partial charge in [-0.25, -0.2) is 0 Å². The first kappa shape index (κ1) is 14.2. The van der Waals surface area contributed by atoms with Crippen molar-refractivity contribution in [2.24, 2.45) is 0 Å². The Morgan fingerprint density at radius 2 is 1.11 bits per heavy atom. The molecule has 0 saturated carbocycles. The van der Waals surface area contributed by atoms with Gasteiger partial charge in [0.2, 0.25) is 0 Å². The van der Waals surface area contributed by atoms with Gasteiger partial charge in [0, 0.05) is 12.8 Å². The van der Waals surface area contributed by atoms with Crippen molar-refractivity contribution >= 4 is 11.9 Å². The molecule has 4 nitrogen and oxygen atoms in total. The lowest BCUT2D eigenvalue weighted by Gasteiger charge is -2.03. The van der Waals surface area contributed by atoms with Gasteiger partial charge in [0.05, 0.1) is 0 Å². The fourth-order valence-electron chi connectivity index (χ4n) is 1.76. The molecule has 0 aliphatic rings. The number of hydrogen-bond acceptors (Lipinski definition) is 2. The van der Waals surface area contributed by atoms with Gasteiger partial charge in [0.1, 0.15) is 0 Å². The van der Waals surface area contributed by atoms with E-state index in [1.165, 1.54) is 0 Å². The molecular formula is C14H18O4. The van der Waals surface area contributed by atoms with Crippen molar-refractivity contribution in [1.82, 2.24) is 0 Å². The minimum Gasteiger partial charge on any atom is -0.481 e. The number of rotatable bonds is 8. The Hall–Kier alpha value is -1.84. The Labute approximate surface area is 106 Å². The normalized spacial score (nSPS) is 10.2. The molecule has 1 rings (SSSR count). The standard InChI is InChI=1S/C14H18O4/c15-13(16)5-1-3-11-7-9-12(10-8-11)4-2-6-14(17)18/h7-10H,1-6H2,(H,15,16)(H,17,18). The fourth-order valence-corrected chi connectivity index (χ4v) is 1.76. The summed E-state index contributed by atoms with van der Waals surface area (Å²) in [6.07, 6.45) is 3.21. The number of hydrogen-bond donors (Lipinski definition) is 2. The minimum absolute atomic E-state index is 0.195. The summed E-state index contributed by atoms with van der Waals surface area (Å²) >= 11 is 0. The second-order valence-corrected chi connectivity index (χ2v) is 4.31. The van der Waals surface area contributed by atoms with Crippen molar-refractivity contribution in [3.63, 3.8) is 0 Å². The van der Waals surface area contributed by atoms with E-state index in [2.05, 4.69) is 0 Å². The molecule has 4 heteroatoms. The molecule has 0 spiro atoms. The highest BCUT2D eigenvalue weighted by molar-refractivity contribution is 5.66. The highest BCUT2D eigenvalue weighted by Crippen LogP contribution is 2.10. The number of carboxylic acids is 2. The number of aryl methyl sites for hydroxylation is 2. The Bertz CT molecular complexity index is 356. The lowest BCUT2D eigenvalue weighted by molar-refractivity contribution is -0.138. The molecule has 0 aliphatic heterocycles. The Morgan fingerprint density at radius 1 is 0.778 bits per heavy atom. The molecule has 98 valence electrons.